The molecule has 2 atom stereocenters. The number of carbonyl (C=O) groups excluding carboxylic acids is 1. The molecular formula is C20H21NO3. The van der Waals surface area contributed by atoms with Crippen LogP contribution in [0.25, 0.3) is 11.1 Å². The highest BCUT2D eigenvalue weighted by molar-refractivity contribution is 5.95. The molecule has 4 heteroatoms. The second-order valence-electron chi connectivity index (χ2n) is 6.47. The number of rotatable bonds is 4. The summed E-state index contributed by atoms with van der Waals surface area (Å²) in [5, 5.41) is 12.0. The molecule has 0 bridgehead atoms. The second-order valence-corrected chi connectivity index (χ2v) is 6.47. The van der Waals surface area contributed by atoms with Crippen molar-refractivity contribution in [3.05, 3.63) is 59.7 Å². The van der Waals surface area contributed by atoms with Crippen molar-refractivity contribution in [1.29, 1.82) is 0 Å². The van der Waals surface area contributed by atoms with Crippen molar-refractivity contribution in [3.63, 3.8) is 0 Å². The molecular weight excluding hydrogens is 302 g/mol. The quantitative estimate of drug-likeness (QED) is 0.902. The molecule has 0 spiro atoms. The number of aliphatic carboxylic acids is 1. The first-order valence-electron chi connectivity index (χ1n) is 8.23. The number of carbonyl (C=O) groups is 2. The third-order valence-corrected chi connectivity index (χ3v) is 4.59. The first-order valence-corrected chi connectivity index (χ1v) is 8.23. The number of nitrogens with one attached hydrogen (secondary N) is 1. The SMILES string of the molecule is Cc1cccc(-c2cccc(C(=O)N[C@@H]3CC[C@H](C(=O)O)C3)c2)c1. The maximum absolute atomic E-state index is 12.5. The maximum Gasteiger partial charge on any atom is 0.306 e. The zero-order valence-corrected chi connectivity index (χ0v) is 13.7. The zero-order chi connectivity index (χ0) is 17.1. The van der Waals surface area contributed by atoms with E-state index in [4.69, 9.17) is 5.11 Å². The lowest BCUT2D eigenvalue weighted by Crippen LogP contribution is -2.33. The average molecular weight is 323 g/mol. The van der Waals surface area contributed by atoms with E-state index < -0.39 is 5.97 Å². The van der Waals surface area contributed by atoms with Crippen molar-refractivity contribution < 1.29 is 14.7 Å². The minimum atomic E-state index is -0.770. The Morgan fingerprint density at radius 1 is 1.04 bits per heavy atom. The van der Waals surface area contributed by atoms with Crippen molar-refractivity contribution in [2.75, 3.05) is 0 Å². The number of benzene rings is 2. The summed E-state index contributed by atoms with van der Waals surface area (Å²) in [4.78, 5) is 23.5. The van der Waals surface area contributed by atoms with Gasteiger partial charge >= 0.3 is 5.97 Å². The number of aryl methyl sites for hydroxylation is 1. The normalized spacial score (nSPS) is 19.9. The van der Waals surface area contributed by atoms with E-state index in [1.807, 2.05) is 43.3 Å². The fraction of sp³-hybridized carbons (Fsp3) is 0.300. The summed E-state index contributed by atoms with van der Waals surface area (Å²) in [5.41, 5.74) is 3.86. The van der Waals surface area contributed by atoms with Gasteiger partial charge in [-0.15, -0.1) is 0 Å². The highest BCUT2D eigenvalue weighted by Gasteiger charge is 2.30. The first kappa shape index (κ1) is 16.2. The molecule has 2 aromatic rings. The van der Waals surface area contributed by atoms with Crippen LogP contribution in [-0.4, -0.2) is 23.0 Å². The first-order chi connectivity index (χ1) is 11.5. The van der Waals surface area contributed by atoms with Gasteiger partial charge in [-0.05, 0) is 49.4 Å². The van der Waals surface area contributed by atoms with Gasteiger partial charge in [0.2, 0.25) is 0 Å². The number of amides is 1. The Hall–Kier alpha value is -2.62. The van der Waals surface area contributed by atoms with Crippen LogP contribution in [0.2, 0.25) is 0 Å². The molecule has 1 saturated carbocycles. The Morgan fingerprint density at radius 3 is 2.42 bits per heavy atom. The van der Waals surface area contributed by atoms with E-state index >= 15 is 0 Å². The lowest BCUT2D eigenvalue weighted by Gasteiger charge is -2.13. The molecule has 3 rings (SSSR count). The van der Waals surface area contributed by atoms with Crippen LogP contribution >= 0.6 is 0 Å². The van der Waals surface area contributed by atoms with Crippen LogP contribution in [0.4, 0.5) is 0 Å². The van der Waals surface area contributed by atoms with E-state index in [9.17, 15) is 9.59 Å². The molecule has 2 aromatic carbocycles. The van der Waals surface area contributed by atoms with Gasteiger partial charge in [0.1, 0.15) is 0 Å². The Morgan fingerprint density at radius 2 is 1.75 bits per heavy atom. The van der Waals surface area contributed by atoms with Crippen LogP contribution < -0.4 is 5.32 Å². The van der Waals surface area contributed by atoms with Crippen molar-refractivity contribution in [3.8, 4) is 11.1 Å². The molecule has 1 amide bonds. The van der Waals surface area contributed by atoms with Crippen LogP contribution in [-0.2, 0) is 4.79 Å². The standard InChI is InChI=1S/C20H21NO3/c1-13-4-2-5-14(10-13)15-6-3-7-16(11-15)19(22)21-18-9-8-17(12-18)20(23)24/h2-7,10-11,17-18H,8-9,12H2,1H3,(H,21,22)(H,23,24)/t17-,18+/m0/s1. The number of carboxylic acid groups (broad SMARTS) is 1. The Labute approximate surface area is 141 Å². The molecule has 0 unspecified atom stereocenters. The molecule has 0 aliphatic heterocycles. The van der Waals surface area contributed by atoms with E-state index in [-0.39, 0.29) is 17.9 Å². The molecule has 0 radical (unpaired) electrons. The van der Waals surface area contributed by atoms with Gasteiger partial charge in [-0.25, -0.2) is 0 Å². The molecule has 2 N–H and O–H groups in total. The fourth-order valence-corrected chi connectivity index (χ4v) is 3.27. The molecule has 1 fully saturated rings. The predicted molar refractivity (Wildman–Crippen MR) is 92.8 cm³/mol. The van der Waals surface area contributed by atoms with Crippen molar-refractivity contribution in [2.45, 2.75) is 32.2 Å². The number of carboxylic acids is 1. The molecule has 0 aromatic heterocycles. The summed E-state index contributed by atoms with van der Waals surface area (Å²) in [6, 6.07) is 15.6. The zero-order valence-electron chi connectivity index (χ0n) is 13.7. The van der Waals surface area contributed by atoms with Gasteiger partial charge in [-0.3, -0.25) is 9.59 Å². The average Bonchev–Trinajstić information content (AvgIpc) is 3.04. The molecule has 4 nitrogen and oxygen atoms in total. The summed E-state index contributed by atoms with van der Waals surface area (Å²) in [6.45, 7) is 2.04. The summed E-state index contributed by atoms with van der Waals surface area (Å²) in [5.74, 6) is -1.25. The third kappa shape index (κ3) is 3.65. The highest BCUT2D eigenvalue weighted by atomic mass is 16.4. The van der Waals surface area contributed by atoms with Crippen LogP contribution in [0.15, 0.2) is 48.5 Å². The van der Waals surface area contributed by atoms with Gasteiger partial charge in [0, 0.05) is 11.6 Å². The van der Waals surface area contributed by atoms with E-state index in [1.54, 1.807) is 6.07 Å². The van der Waals surface area contributed by atoms with E-state index in [0.717, 1.165) is 17.5 Å². The number of hydrogen-bond donors (Lipinski definition) is 2. The van der Waals surface area contributed by atoms with Crippen LogP contribution in [0.1, 0.15) is 35.2 Å². The third-order valence-electron chi connectivity index (χ3n) is 4.59. The number of hydrogen-bond acceptors (Lipinski definition) is 2. The molecule has 0 heterocycles. The summed E-state index contributed by atoms with van der Waals surface area (Å²) < 4.78 is 0. The van der Waals surface area contributed by atoms with E-state index in [1.165, 1.54) is 5.56 Å². The molecule has 1 aliphatic rings. The fourth-order valence-electron chi connectivity index (χ4n) is 3.27. The van der Waals surface area contributed by atoms with Gasteiger partial charge in [0.15, 0.2) is 0 Å². The van der Waals surface area contributed by atoms with Gasteiger partial charge < -0.3 is 10.4 Å². The van der Waals surface area contributed by atoms with Crippen LogP contribution in [0, 0.1) is 12.8 Å². The van der Waals surface area contributed by atoms with Gasteiger partial charge in [-0.2, -0.15) is 0 Å². The minimum absolute atomic E-state index is 0.0544. The molecule has 24 heavy (non-hydrogen) atoms. The molecule has 1 aliphatic carbocycles. The summed E-state index contributed by atoms with van der Waals surface area (Å²) >= 11 is 0. The largest absolute Gasteiger partial charge is 0.481 e. The Balaban J connectivity index is 1.72. The van der Waals surface area contributed by atoms with E-state index in [2.05, 4.69) is 11.4 Å². The summed E-state index contributed by atoms with van der Waals surface area (Å²) in [6.07, 6.45) is 1.86. The lowest BCUT2D eigenvalue weighted by atomic mass is 10.0. The van der Waals surface area contributed by atoms with Gasteiger partial charge in [0.05, 0.1) is 5.92 Å². The second kappa shape index (κ2) is 6.87. The topological polar surface area (TPSA) is 66.4 Å². The Bertz CT molecular complexity index is 769. The van der Waals surface area contributed by atoms with Gasteiger partial charge in [-0.1, -0.05) is 42.0 Å². The molecule has 124 valence electrons. The van der Waals surface area contributed by atoms with Crippen molar-refractivity contribution in [2.24, 2.45) is 5.92 Å². The van der Waals surface area contributed by atoms with Crippen molar-refractivity contribution >= 4 is 11.9 Å². The minimum Gasteiger partial charge on any atom is -0.481 e. The van der Waals surface area contributed by atoms with Crippen LogP contribution in [0.3, 0.4) is 0 Å². The molecule has 0 saturated heterocycles. The monoisotopic (exact) mass is 323 g/mol. The summed E-state index contributed by atoms with van der Waals surface area (Å²) in [7, 11) is 0. The smallest absolute Gasteiger partial charge is 0.306 e. The predicted octanol–water partition coefficient (Wildman–Crippen LogP) is 3.65. The van der Waals surface area contributed by atoms with Crippen molar-refractivity contribution in [1.82, 2.24) is 5.32 Å². The highest BCUT2D eigenvalue weighted by Crippen LogP contribution is 2.26. The van der Waals surface area contributed by atoms with Gasteiger partial charge in [0.25, 0.3) is 5.91 Å². The van der Waals surface area contributed by atoms with E-state index in [0.29, 0.717) is 18.4 Å². The Kier molecular flexibility index (Phi) is 4.65. The van der Waals surface area contributed by atoms with Crippen LogP contribution in [0.5, 0.6) is 0 Å². The lowest BCUT2D eigenvalue weighted by molar-refractivity contribution is -0.141. The maximum atomic E-state index is 12.5.